The molecular formula is C26H22BrFO3. The molecule has 0 aliphatic carbocycles. The van der Waals surface area contributed by atoms with E-state index >= 15 is 0 Å². The molecule has 0 amide bonds. The number of hydrogen-bond donors (Lipinski definition) is 1. The first kappa shape index (κ1) is 22.5. The molecule has 3 aromatic rings. The lowest BCUT2D eigenvalue weighted by Crippen LogP contribution is -2.07. The van der Waals surface area contributed by atoms with Crippen molar-refractivity contribution >= 4 is 28.0 Å². The van der Waals surface area contributed by atoms with E-state index in [1.165, 1.54) is 12.1 Å². The van der Waals surface area contributed by atoms with Crippen LogP contribution in [0, 0.1) is 12.7 Å². The van der Waals surface area contributed by atoms with Crippen LogP contribution in [0.2, 0.25) is 0 Å². The smallest absolute Gasteiger partial charge is 0.339 e. The first-order chi connectivity index (χ1) is 14.9. The van der Waals surface area contributed by atoms with Crippen molar-refractivity contribution < 1.29 is 19.0 Å². The first-order valence-corrected chi connectivity index (χ1v) is 10.5. The summed E-state index contributed by atoms with van der Waals surface area (Å²) < 4.78 is 19.8. The van der Waals surface area contributed by atoms with Gasteiger partial charge in [0.15, 0.2) is 0 Å². The average Bonchev–Trinajstić information content (AvgIpc) is 2.76. The van der Waals surface area contributed by atoms with E-state index in [9.17, 15) is 14.3 Å². The molecule has 3 rings (SSSR count). The van der Waals surface area contributed by atoms with Gasteiger partial charge in [-0.3, -0.25) is 0 Å². The molecule has 0 atom stereocenters. The predicted octanol–water partition coefficient (Wildman–Crippen LogP) is 6.99. The van der Waals surface area contributed by atoms with Crippen LogP contribution >= 0.6 is 15.9 Å². The second-order valence-corrected chi connectivity index (χ2v) is 7.93. The zero-order valence-electron chi connectivity index (χ0n) is 17.1. The van der Waals surface area contributed by atoms with Crippen LogP contribution in [-0.2, 0) is 13.0 Å². The number of allylic oxidation sites excluding steroid dienone is 2. The molecule has 5 heteroatoms. The van der Waals surface area contributed by atoms with E-state index < -0.39 is 5.97 Å². The highest BCUT2D eigenvalue weighted by atomic mass is 79.9. The fourth-order valence-electron chi connectivity index (χ4n) is 3.23. The first-order valence-electron chi connectivity index (χ1n) is 9.69. The van der Waals surface area contributed by atoms with E-state index in [0.717, 1.165) is 22.3 Å². The Labute approximate surface area is 189 Å². The molecule has 31 heavy (non-hydrogen) atoms. The van der Waals surface area contributed by atoms with Crippen LogP contribution in [0.5, 0.6) is 5.75 Å². The Morgan fingerprint density at radius 1 is 1.13 bits per heavy atom. The van der Waals surface area contributed by atoms with Crippen molar-refractivity contribution in [1.29, 1.82) is 0 Å². The summed E-state index contributed by atoms with van der Waals surface area (Å²) >= 11 is 3.50. The molecule has 0 fully saturated rings. The van der Waals surface area contributed by atoms with Crippen LogP contribution in [0.15, 0.2) is 83.4 Å². The van der Waals surface area contributed by atoms with Crippen LogP contribution in [0.25, 0.3) is 6.08 Å². The van der Waals surface area contributed by atoms with Gasteiger partial charge in [-0.05, 0) is 59.9 Å². The molecule has 0 unspecified atom stereocenters. The molecule has 0 saturated carbocycles. The van der Waals surface area contributed by atoms with Gasteiger partial charge in [0.05, 0.1) is 0 Å². The normalized spacial score (nSPS) is 11.3. The molecule has 0 radical (unpaired) electrons. The van der Waals surface area contributed by atoms with Crippen molar-refractivity contribution in [3.8, 4) is 5.75 Å². The van der Waals surface area contributed by atoms with Gasteiger partial charge in [0.2, 0.25) is 0 Å². The van der Waals surface area contributed by atoms with E-state index in [2.05, 4.69) is 22.5 Å². The molecule has 0 aliphatic heterocycles. The third-order valence-electron chi connectivity index (χ3n) is 4.89. The van der Waals surface area contributed by atoms with Crippen LogP contribution in [-0.4, -0.2) is 11.1 Å². The second-order valence-electron chi connectivity index (χ2n) is 7.08. The van der Waals surface area contributed by atoms with E-state index in [1.54, 1.807) is 24.3 Å². The Balaban J connectivity index is 1.98. The van der Waals surface area contributed by atoms with Crippen molar-refractivity contribution in [1.82, 2.24) is 0 Å². The van der Waals surface area contributed by atoms with Gasteiger partial charge in [0, 0.05) is 10.0 Å². The van der Waals surface area contributed by atoms with Gasteiger partial charge in [-0.1, -0.05) is 71.0 Å². The number of carboxylic acid groups (broad SMARTS) is 1. The highest BCUT2D eigenvalue weighted by Crippen LogP contribution is 2.35. The van der Waals surface area contributed by atoms with E-state index in [1.807, 2.05) is 43.3 Å². The topological polar surface area (TPSA) is 46.5 Å². The average molecular weight is 481 g/mol. The van der Waals surface area contributed by atoms with Gasteiger partial charge >= 0.3 is 5.97 Å². The number of carboxylic acids is 1. The zero-order valence-corrected chi connectivity index (χ0v) is 18.7. The maximum absolute atomic E-state index is 13.2. The molecule has 0 saturated heterocycles. The third-order valence-corrected chi connectivity index (χ3v) is 5.54. The summed E-state index contributed by atoms with van der Waals surface area (Å²) in [7, 11) is 0. The maximum Gasteiger partial charge on any atom is 0.339 e. The molecule has 0 bridgehead atoms. The number of halogens is 2. The summed E-state index contributed by atoms with van der Waals surface area (Å²) in [4.78, 5) is 11.8. The molecule has 0 aromatic heterocycles. The number of benzene rings is 3. The second kappa shape index (κ2) is 10.2. The van der Waals surface area contributed by atoms with Gasteiger partial charge < -0.3 is 9.84 Å². The van der Waals surface area contributed by atoms with E-state index in [4.69, 9.17) is 4.74 Å². The molecule has 3 nitrogen and oxygen atoms in total. The standard InChI is InChI=1S/C26H22BrFO3/c1-3-18(13-19-9-11-21(28)12-10-19)14-22-17(2)25(23(26(29)30)15-24(22)27)31-16-20-7-5-4-6-8-20/h3-12,14-15H,1,13,16H2,2H3,(H,29,30)/b18-14+. The van der Waals surface area contributed by atoms with Gasteiger partial charge in [-0.2, -0.15) is 0 Å². The molecule has 0 aliphatic rings. The molecule has 3 aromatic carbocycles. The highest BCUT2D eigenvalue weighted by Gasteiger charge is 2.19. The van der Waals surface area contributed by atoms with Gasteiger partial charge in [-0.15, -0.1) is 0 Å². The van der Waals surface area contributed by atoms with Crippen LogP contribution in [0.3, 0.4) is 0 Å². The molecular weight excluding hydrogens is 459 g/mol. The SMILES string of the molecule is C=C/C(=C\c1c(Br)cc(C(=O)O)c(OCc2ccccc2)c1C)Cc1ccc(F)cc1. The summed E-state index contributed by atoms with van der Waals surface area (Å²) in [5, 5.41) is 9.68. The number of rotatable bonds is 8. The summed E-state index contributed by atoms with van der Waals surface area (Å²) in [6, 6.07) is 17.5. The fourth-order valence-corrected chi connectivity index (χ4v) is 3.87. The van der Waals surface area contributed by atoms with Crippen molar-refractivity contribution in [3.05, 3.63) is 117 Å². The Morgan fingerprint density at radius 2 is 1.81 bits per heavy atom. The lowest BCUT2D eigenvalue weighted by Gasteiger charge is -2.16. The minimum absolute atomic E-state index is 0.0937. The fraction of sp³-hybridized carbons (Fsp3) is 0.115. The third kappa shape index (κ3) is 5.70. The largest absolute Gasteiger partial charge is 0.488 e. The number of hydrogen-bond acceptors (Lipinski definition) is 2. The lowest BCUT2D eigenvalue weighted by molar-refractivity contribution is 0.0691. The van der Waals surface area contributed by atoms with Gasteiger partial charge in [0.25, 0.3) is 0 Å². The number of ether oxygens (including phenoxy) is 1. The van der Waals surface area contributed by atoms with E-state index in [0.29, 0.717) is 22.2 Å². The van der Waals surface area contributed by atoms with Crippen LogP contribution in [0.4, 0.5) is 4.39 Å². The Bertz CT molecular complexity index is 1120. The Kier molecular flexibility index (Phi) is 7.42. The van der Waals surface area contributed by atoms with Gasteiger partial charge in [-0.25, -0.2) is 9.18 Å². The number of aromatic carboxylic acids is 1. The van der Waals surface area contributed by atoms with E-state index in [-0.39, 0.29) is 18.0 Å². The summed E-state index contributed by atoms with van der Waals surface area (Å²) in [5.74, 6) is -1.01. The van der Waals surface area contributed by atoms with Crippen LogP contribution < -0.4 is 4.74 Å². The summed E-state index contributed by atoms with van der Waals surface area (Å²) in [6.45, 7) is 5.99. The van der Waals surface area contributed by atoms with Crippen molar-refractivity contribution in [2.24, 2.45) is 0 Å². The summed E-state index contributed by atoms with van der Waals surface area (Å²) in [6.07, 6.45) is 4.25. The quantitative estimate of drug-likeness (QED) is 0.353. The van der Waals surface area contributed by atoms with Crippen molar-refractivity contribution in [2.75, 3.05) is 0 Å². The molecule has 158 valence electrons. The Hall–Kier alpha value is -3.18. The minimum atomic E-state index is -1.06. The zero-order chi connectivity index (χ0) is 22.4. The highest BCUT2D eigenvalue weighted by molar-refractivity contribution is 9.10. The maximum atomic E-state index is 13.2. The monoisotopic (exact) mass is 480 g/mol. The molecule has 0 spiro atoms. The van der Waals surface area contributed by atoms with Crippen LogP contribution in [0.1, 0.15) is 32.6 Å². The van der Waals surface area contributed by atoms with Crippen molar-refractivity contribution in [3.63, 3.8) is 0 Å². The number of carbonyl (C=O) groups is 1. The predicted molar refractivity (Wildman–Crippen MR) is 125 cm³/mol. The minimum Gasteiger partial charge on any atom is -0.488 e. The Morgan fingerprint density at radius 3 is 2.42 bits per heavy atom. The molecule has 1 N–H and O–H groups in total. The van der Waals surface area contributed by atoms with Gasteiger partial charge in [0.1, 0.15) is 23.7 Å². The summed E-state index contributed by atoms with van der Waals surface area (Å²) in [5.41, 5.74) is 4.42. The lowest BCUT2D eigenvalue weighted by atomic mass is 9.98. The van der Waals surface area contributed by atoms with Crippen molar-refractivity contribution in [2.45, 2.75) is 20.0 Å². The molecule has 0 heterocycles.